The molecular weight excluding hydrogens is 355 g/mol. The third-order valence-corrected chi connectivity index (χ3v) is 3.34. The first kappa shape index (κ1) is 17.8. The van der Waals surface area contributed by atoms with E-state index in [9.17, 15) is 18.8 Å². The summed E-state index contributed by atoms with van der Waals surface area (Å²) in [6.45, 7) is 3.16. The fourth-order valence-corrected chi connectivity index (χ4v) is 2.43. The van der Waals surface area contributed by atoms with Gasteiger partial charge in [-0.15, -0.1) is 0 Å². The topological polar surface area (TPSA) is 88.1 Å². The van der Waals surface area contributed by atoms with Gasteiger partial charge in [0.2, 0.25) is 0 Å². The van der Waals surface area contributed by atoms with Gasteiger partial charge in [0.15, 0.2) is 18.4 Å². The Morgan fingerprint density at radius 1 is 1.05 bits per heavy atom. The molecule has 21 heavy (non-hydrogen) atoms. The van der Waals surface area contributed by atoms with Crippen LogP contribution in [-0.4, -0.2) is 54.0 Å². The number of hydrogen-bond donors (Lipinski definition) is 0. The molecule has 5 atom stereocenters. The maximum Gasteiger partial charge on any atom is 0.303 e. The summed E-state index contributed by atoms with van der Waals surface area (Å²) in [7, 11) is 0. The van der Waals surface area contributed by atoms with Crippen LogP contribution in [0.2, 0.25) is 0 Å². The highest BCUT2D eigenvalue weighted by Crippen LogP contribution is 2.31. The Hall–Kier alpha value is -1.22. The van der Waals surface area contributed by atoms with Gasteiger partial charge in [0.1, 0.15) is 17.7 Å². The molecule has 9 heteroatoms. The Kier molecular flexibility index (Phi) is 6.53. The lowest BCUT2D eigenvalue weighted by Gasteiger charge is -2.40. The quantitative estimate of drug-likeness (QED) is 0.412. The highest BCUT2D eigenvalue weighted by molar-refractivity contribution is 9.09. The van der Waals surface area contributed by atoms with Crippen molar-refractivity contribution in [1.82, 2.24) is 0 Å². The van der Waals surface area contributed by atoms with Crippen molar-refractivity contribution in [1.29, 1.82) is 0 Å². The van der Waals surface area contributed by atoms with Crippen LogP contribution in [0, 0.1) is 0 Å². The van der Waals surface area contributed by atoms with E-state index in [1.807, 2.05) is 0 Å². The maximum atomic E-state index is 14.1. The number of rotatable bonds is 4. The van der Waals surface area contributed by atoms with Gasteiger partial charge in [0.05, 0.1) is 0 Å². The summed E-state index contributed by atoms with van der Waals surface area (Å²) in [5, 5.41) is -1.09. The molecule has 0 saturated carbocycles. The van der Waals surface area contributed by atoms with Crippen LogP contribution in [0.4, 0.5) is 4.39 Å². The van der Waals surface area contributed by atoms with Gasteiger partial charge < -0.3 is 18.9 Å². The standard InChI is InChI=1S/C12H16BrFO7/c1-5(15)18-4-8-10(19-6(2)16)11(20-7(3)17)9(14)12(13)21-8/h8-12H,4H2,1-3H3/t8-,9-,10-,11-,12?/m1/s1. The molecule has 1 saturated heterocycles. The van der Waals surface area contributed by atoms with E-state index in [4.69, 9.17) is 18.9 Å². The van der Waals surface area contributed by atoms with Gasteiger partial charge in [-0.25, -0.2) is 4.39 Å². The lowest BCUT2D eigenvalue weighted by atomic mass is 10.0. The third kappa shape index (κ3) is 5.24. The third-order valence-electron chi connectivity index (χ3n) is 2.61. The second-order valence-electron chi connectivity index (χ2n) is 4.42. The Bertz CT molecular complexity index is 416. The summed E-state index contributed by atoms with van der Waals surface area (Å²) in [5.41, 5.74) is 0. The van der Waals surface area contributed by atoms with Gasteiger partial charge in [-0.1, -0.05) is 15.9 Å². The molecule has 1 aliphatic heterocycles. The molecule has 0 aromatic rings. The largest absolute Gasteiger partial charge is 0.463 e. The van der Waals surface area contributed by atoms with Crippen molar-refractivity contribution >= 4 is 33.8 Å². The zero-order chi connectivity index (χ0) is 16.2. The van der Waals surface area contributed by atoms with Crippen LogP contribution < -0.4 is 0 Å². The number of alkyl halides is 2. The Morgan fingerprint density at radius 2 is 1.57 bits per heavy atom. The van der Waals surface area contributed by atoms with E-state index in [2.05, 4.69) is 15.9 Å². The molecule has 7 nitrogen and oxygen atoms in total. The van der Waals surface area contributed by atoms with E-state index in [0.717, 1.165) is 13.8 Å². The second-order valence-corrected chi connectivity index (χ2v) is 5.32. The number of ether oxygens (including phenoxy) is 4. The molecule has 0 spiro atoms. The van der Waals surface area contributed by atoms with Crippen LogP contribution in [0.25, 0.3) is 0 Å². The summed E-state index contributed by atoms with van der Waals surface area (Å²) in [6, 6.07) is 0. The minimum Gasteiger partial charge on any atom is -0.463 e. The molecule has 0 radical (unpaired) electrons. The fraction of sp³-hybridized carbons (Fsp3) is 0.750. The summed E-state index contributed by atoms with van der Waals surface area (Å²) >= 11 is 2.96. The van der Waals surface area contributed by atoms with E-state index in [-0.39, 0.29) is 6.61 Å². The molecular formula is C12H16BrFO7. The van der Waals surface area contributed by atoms with Crippen LogP contribution in [0.3, 0.4) is 0 Å². The molecule has 0 aromatic heterocycles. The molecule has 1 fully saturated rings. The van der Waals surface area contributed by atoms with Gasteiger partial charge in [-0.2, -0.15) is 0 Å². The Balaban J connectivity index is 2.94. The predicted molar refractivity (Wildman–Crippen MR) is 70.2 cm³/mol. The summed E-state index contributed by atoms with van der Waals surface area (Å²) in [4.78, 5) is 33.1. The predicted octanol–water partition coefficient (Wildman–Crippen LogP) is 0.871. The van der Waals surface area contributed by atoms with Gasteiger partial charge >= 0.3 is 17.9 Å². The van der Waals surface area contributed by atoms with Crippen LogP contribution >= 0.6 is 15.9 Å². The number of halogens is 2. The molecule has 0 aliphatic carbocycles. The smallest absolute Gasteiger partial charge is 0.303 e. The normalized spacial score (nSPS) is 32.1. The van der Waals surface area contributed by atoms with E-state index in [1.165, 1.54) is 6.92 Å². The minimum absolute atomic E-state index is 0.264. The van der Waals surface area contributed by atoms with Crippen molar-refractivity contribution in [2.24, 2.45) is 0 Å². The number of hydrogen-bond acceptors (Lipinski definition) is 7. The van der Waals surface area contributed by atoms with Gasteiger partial charge in [-0.3, -0.25) is 14.4 Å². The van der Waals surface area contributed by atoms with Crippen molar-refractivity contribution in [3.05, 3.63) is 0 Å². The van der Waals surface area contributed by atoms with Crippen molar-refractivity contribution in [2.75, 3.05) is 6.61 Å². The van der Waals surface area contributed by atoms with Crippen LogP contribution in [0.1, 0.15) is 20.8 Å². The SMILES string of the molecule is CC(=O)OC[C@H]1OC(Br)[C@H](F)[C@@H](OC(C)=O)[C@@H]1OC(C)=O. The van der Waals surface area contributed by atoms with E-state index < -0.39 is 47.4 Å². The molecule has 0 amide bonds. The van der Waals surface area contributed by atoms with Crippen molar-refractivity contribution in [2.45, 2.75) is 50.3 Å². The highest BCUT2D eigenvalue weighted by atomic mass is 79.9. The molecule has 0 N–H and O–H groups in total. The van der Waals surface area contributed by atoms with Crippen molar-refractivity contribution < 1.29 is 37.7 Å². The zero-order valence-electron chi connectivity index (χ0n) is 11.7. The van der Waals surface area contributed by atoms with Crippen LogP contribution in [0.5, 0.6) is 0 Å². The fourth-order valence-electron chi connectivity index (χ4n) is 1.85. The van der Waals surface area contributed by atoms with Crippen LogP contribution in [0.15, 0.2) is 0 Å². The van der Waals surface area contributed by atoms with Crippen molar-refractivity contribution in [3.63, 3.8) is 0 Å². The number of carbonyl (C=O) groups is 3. The molecule has 120 valence electrons. The Morgan fingerprint density at radius 3 is 2.05 bits per heavy atom. The van der Waals surface area contributed by atoms with E-state index in [1.54, 1.807) is 0 Å². The monoisotopic (exact) mass is 370 g/mol. The van der Waals surface area contributed by atoms with Gasteiger partial charge in [-0.05, 0) is 0 Å². The number of carbonyl (C=O) groups excluding carboxylic acids is 3. The lowest BCUT2D eigenvalue weighted by molar-refractivity contribution is -0.220. The van der Waals surface area contributed by atoms with E-state index in [0.29, 0.717) is 0 Å². The van der Waals surface area contributed by atoms with Crippen molar-refractivity contribution in [3.8, 4) is 0 Å². The average Bonchev–Trinajstić information content (AvgIpc) is 2.35. The first-order valence-corrected chi connectivity index (χ1v) is 7.05. The molecule has 1 rings (SSSR count). The molecule has 1 unspecified atom stereocenters. The molecule has 0 bridgehead atoms. The molecule has 1 heterocycles. The molecule has 0 aromatic carbocycles. The van der Waals surface area contributed by atoms with E-state index >= 15 is 0 Å². The average molecular weight is 371 g/mol. The minimum atomic E-state index is -1.74. The Labute approximate surface area is 129 Å². The highest BCUT2D eigenvalue weighted by Gasteiger charge is 2.50. The maximum absolute atomic E-state index is 14.1. The zero-order valence-corrected chi connectivity index (χ0v) is 13.3. The number of esters is 3. The summed E-state index contributed by atoms with van der Waals surface area (Å²) in [6.07, 6.45) is -5.27. The summed E-state index contributed by atoms with van der Waals surface area (Å²) in [5.74, 6) is -2.00. The van der Waals surface area contributed by atoms with Crippen LogP contribution in [-0.2, 0) is 33.3 Å². The second kappa shape index (κ2) is 7.69. The molecule has 1 aliphatic rings. The van der Waals surface area contributed by atoms with Gasteiger partial charge in [0.25, 0.3) is 0 Å². The summed E-state index contributed by atoms with van der Waals surface area (Å²) < 4.78 is 34.0. The van der Waals surface area contributed by atoms with Gasteiger partial charge in [0, 0.05) is 20.8 Å². The lowest BCUT2D eigenvalue weighted by Crippen LogP contribution is -2.58. The first-order chi connectivity index (χ1) is 9.72. The first-order valence-electron chi connectivity index (χ1n) is 6.13.